The molecule has 2 rings (SSSR count). The van der Waals surface area contributed by atoms with Gasteiger partial charge in [-0.15, -0.1) is 11.3 Å². The van der Waals surface area contributed by atoms with Gasteiger partial charge in [0.15, 0.2) is 0 Å². The first-order valence-electron chi connectivity index (χ1n) is 5.66. The Morgan fingerprint density at radius 3 is 2.76 bits per heavy atom. The number of hydrogen-bond acceptors (Lipinski definition) is 2. The van der Waals surface area contributed by atoms with Gasteiger partial charge in [0, 0.05) is 27.2 Å². The first-order valence-corrected chi connectivity index (χ1v) is 7.33. The van der Waals surface area contributed by atoms with E-state index >= 15 is 0 Å². The van der Waals surface area contributed by atoms with E-state index in [1.165, 1.54) is 20.5 Å². The van der Waals surface area contributed by atoms with Crippen molar-refractivity contribution in [3.05, 3.63) is 56.2 Å². The predicted molar refractivity (Wildman–Crippen MR) is 78.7 cm³/mol. The van der Waals surface area contributed by atoms with E-state index in [4.69, 9.17) is 0 Å². The van der Waals surface area contributed by atoms with Crippen molar-refractivity contribution in [1.82, 2.24) is 5.32 Å². The molecule has 1 nitrogen and oxygen atoms in total. The number of likely N-dealkylation sites (N-methyl/N-ethyl adjacent to an activating group) is 1. The highest BCUT2D eigenvalue weighted by atomic mass is 79.9. The molecule has 2 aromatic rings. The maximum absolute atomic E-state index is 3.50. The van der Waals surface area contributed by atoms with E-state index in [0.717, 1.165) is 6.42 Å². The van der Waals surface area contributed by atoms with Crippen LogP contribution in [0.4, 0.5) is 0 Å². The Kier molecular flexibility index (Phi) is 4.37. The lowest BCUT2D eigenvalue weighted by molar-refractivity contribution is 0.596. The summed E-state index contributed by atoms with van der Waals surface area (Å²) < 4.78 is 1.18. The van der Waals surface area contributed by atoms with Crippen LogP contribution in [-0.2, 0) is 6.42 Å². The Morgan fingerprint density at radius 2 is 2.18 bits per heavy atom. The predicted octanol–water partition coefficient (Wildman–Crippen LogP) is 4.32. The minimum absolute atomic E-state index is 0.389. The zero-order valence-corrected chi connectivity index (χ0v) is 12.4. The van der Waals surface area contributed by atoms with Crippen LogP contribution < -0.4 is 5.32 Å². The molecule has 1 aromatic heterocycles. The molecule has 0 radical (unpaired) electrons. The first kappa shape index (κ1) is 12.8. The normalized spacial score (nSPS) is 12.6. The molecule has 0 aliphatic carbocycles. The molecule has 1 unspecified atom stereocenters. The molecule has 1 atom stereocenters. The largest absolute Gasteiger partial charge is 0.313 e. The molecule has 0 spiro atoms. The van der Waals surface area contributed by atoms with Crippen LogP contribution in [0.1, 0.15) is 22.0 Å². The van der Waals surface area contributed by atoms with Crippen LogP contribution in [0.5, 0.6) is 0 Å². The fraction of sp³-hybridized carbons (Fsp3) is 0.286. The number of aryl methyl sites for hydroxylation is 1. The zero-order valence-electron chi connectivity index (χ0n) is 10.0. The molecule has 0 fully saturated rings. The average Bonchev–Trinajstić information content (AvgIpc) is 2.72. The SMILES string of the molecule is CNC(Cc1cc(Br)cs1)c1cccc(C)c1. The summed E-state index contributed by atoms with van der Waals surface area (Å²) in [5.41, 5.74) is 2.67. The highest BCUT2D eigenvalue weighted by Crippen LogP contribution is 2.25. The van der Waals surface area contributed by atoms with E-state index in [0.29, 0.717) is 6.04 Å². The van der Waals surface area contributed by atoms with Crippen molar-refractivity contribution < 1.29 is 0 Å². The summed E-state index contributed by atoms with van der Waals surface area (Å²) in [7, 11) is 2.02. The van der Waals surface area contributed by atoms with Crippen molar-refractivity contribution >= 4 is 27.3 Å². The summed E-state index contributed by atoms with van der Waals surface area (Å²) in [4.78, 5) is 1.40. The smallest absolute Gasteiger partial charge is 0.0366 e. The third kappa shape index (κ3) is 3.41. The van der Waals surface area contributed by atoms with Gasteiger partial charge in [-0.05, 0) is 41.5 Å². The molecule has 1 aromatic carbocycles. The van der Waals surface area contributed by atoms with Gasteiger partial charge in [-0.1, -0.05) is 29.8 Å². The maximum Gasteiger partial charge on any atom is 0.0366 e. The summed E-state index contributed by atoms with van der Waals surface area (Å²) in [6.07, 6.45) is 1.04. The van der Waals surface area contributed by atoms with Gasteiger partial charge in [0.05, 0.1) is 0 Å². The van der Waals surface area contributed by atoms with Crippen LogP contribution in [0.15, 0.2) is 40.2 Å². The topological polar surface area (TPSA) is 12.0 Å². The number of halogens is 1. The van der Waals surface area contributed by atoms with Crippen LogP contribution in [0, 0.1) is 6.92 Å². The Hall–Kier alpha value is -0.640. The van der Waals surface area contributed by atoms with E-state index in [9.17, 15) is 0 Å². The monoisotopic (exact) mass is 309 g/mol. The second-order valence-electron chi connectivity index (χ2n) is 4.19. The highest BCUT2D eigenvalue weighted by molar-refractivity contribution is 9.10. The lowest BCUT2D eigenvalue weighted by Crippen LogP contribution is -2.18. The van der Waals surface area contributed by atoms with Crippen molar-refractivity contribution in [2.24, 2.45) is 0 Å². The van der Waals surface area contributed by atoms with E-state index in [1.54, 1.807) is 11.3 Å². The summed E-state index contributed by atoms with van der Waals surface area (Å²) in [5.74, 6) is 0. The molecule has 0 bridgehead atoms. The van der Waals surface area contributed by atoms with Crippen molar-refractivity contribution in [3.8, 4) is 0 Å². The molecule has 90 valence electrons. The number of nitrogens with one attached hydrogen (secondary N) is 1. The fourth-order valence-electron chi connectivity index (χ4n) is 1.94. The fourth-order valence-corrected chi connectivity index (χ4v) is 3.43. The summed E-state index contributed by atoms with van der Waals surface area (Å²) in [6.45, 7) is 2.14. The molecule has 17 heavy (non-hydrogen) atoms. The molecule has 0 aliphatic heterocycles. The van der Waals surface area contributed by atoms with E-state index in [2.05, 4.69) is 63.9 Å². The number of hydrogen-bond donors (Lipinski definition) is 1. The van der Waals surface area contributed by atoms with Crippen LogP contribution in [-0.4, -0.2) is 7.05 Å². The summed E-state index contributed by atoms with van der Waals surface area (Å²) in [6, 6.07) is 11.3. The molecule has 1 N–H and O–H groups in total. The first-order chi connectivity index (χ1) is 8.19. The van der Waals surface area contributed by atoms with E-state index < -0.39 is 0 Å². The van der Waals surface area contributed by atoms with Crippen molar-refractivity contribution in [3.63, 3.8) is 0 Å². The lowest BCUT2D eigenvalue weighted by Gasteiger charge is -2.16. The number of rotatable bonds is 4. The van der Waals surface area contributed by atoms with Gasteiger partial charge in [-0.2, -0.15) is 0 Å². The van der Waals surface area contributed by atoms with Crippen molar-refractivity contribution in [1.29, 1.82) is 0 Å². The van der Waals surface area contributed by atoms with Crippen LogP contribution in [0.2, 0.25) is 0 Å². The third-order valence-electron chi connectivity index (χ3n) is 2.82. The molecule has 0 saturated carbocycles. The maximum atomic E-state index is 3.50. The van der Waals surface area contributed by atoms with Crippen LogP contribution in [0.3, 0.4) is 0 Å². The van der Waals surface area contributed by atoms with Crippen LogP contribution >= 0.6 is 27.3 Å². The highest BCUT2D eigenvalue weighted by Gasteiger charge is 2.11. The molecular formula is C14H16BrNS. The summed E-state index contributed by atoms with van der Waals surface area (Å²) in [5, 5.41) is 5.53. The average molecular weight is 310 g/mol. The van der Waals surface area contributed by atoms with Gasteiger partial charge in [0.2, 0.25) is 0 Å². The Labute approximate surface area is 115 Å². The zero-order chi connectivity index (χ0) is 12.3. The second-order valence-corrected chi connectivity index (χ2v) is 6.10. The summed E-state index contributed by atoms with van der Waals surface area (Å²) >= 11 is 5.31. The minimum Gasteiger partial charge on any atom is -0.313 e. The molecule has 0 amide bonds. The molecular weight excluding hydrogens is 294 g/mol. The van der Waals surface area contributed by atoms with Gasteiger partial charge < -0.3 is 5.32 Å². The quantitative estimate of drug-likeness (QED) is 0.886. The van der Waals surface area contributed by atoms with Gasteiger partial charge in [0.1, 0.15) is 0 Å². The molecule has 1 heterocycles. The Morgan fingerprint density at radius 1 is 1.35 bits per heavy atom. The molecule has 3 heteroatoms. The molecule has 0 saturated heterocycles. The third-order valence-corrected chi connectivity index (χ3v) is 4.54. The van der Waals surface area contributed by atoms with Crippen molar-refractivity contribution in [2.45, 2.75) is 19.4 Å². The van der Waals surface area contributed by atoms with E-state index in [-0.39, 0.29) is 0 Å². The Balaban J connectivity index is 2.16. The van der Waals surface area contributed by atoms with Gasteiger partial charge in [-0.25, -0.2) is 0 Å². The number of thiophene rings is 1. The molecule has 0 aliphatic rings. The van der Waals surface area contributed by atoms with Crippen molar-refractivity contribution in [2.75, 3.05) is 7.05 Å². The van der Waals surface area contributed by atoms with Gasteiger partial charge >= 0.3 is 0 Å². The minimum atomic E-state index is 0.389. The second kappa shape index (κ2) is 5.80. The lowest BCUT2D eigenvalue weighted by atomic mass is 10.0. The Bertz CT molecular complexity index is 492. The van der Waals surface area contributed by atoms with Crippen LogP contribution in [0.25, 0.3) is 0 Å². The standard InChI is InChI=1S/C14H16BrNS/c1-10-4-3-5-11(6-10)14(16-2)8-13-7-12(15)9-17-13/h3-7,9,14,16H,8H2,1-2H3. The van der Waals surface area contributed by atoms with Gasteiger partial charge in [0.25, 0.3) is 0 Å². The van der Waals surface area contributed by atoms with E-state index in [1.807, 2.05) is 7.05 Å². The number of benzene rings is 1. The van der Waals surface area contributed by atoms with Gasteiger partial charge in [-0.3, -0.25) is 0 Å².